The highest BCUT2D eigenvalue weighted by Gasteiger charge is 2.06. The Hall–Kier alpha value is -2.21. The van der Waals surface area contributed by atoms with E-state index in [2.05, 4.69) is 57.0 Å². The van der Waals surface area contributed by atoms with Gasteiger partial charge in [0.25, 0.3) is 0 Å². The molecule has 3 aromatic rings. The predicted molar refractivity (Wildman–Crippen MR) is 90.0 cm³/mol. The number of thiazole rings is 1. The van der Waals surface area contributed by atoms with Gasteiger partial charge in [-0.2, -0.15) is 5.10 Å². The van der Waals surface area contributed by atoms with E-state index in [0.717, 1.165) is 34.9 Å². The van der Waals surface area contributed by atoms with Crippen LogP contribution in [-0.2, 0) is 6.54 Å². The summed E-state index contributed by atoms with van der Waals surface area (Å²) in [6, 6.07) is 8.77. The Morgan fingerprint density at radius 3 is 3.00 bits per heavy atom. The number of hydrogen-bond acceptors (Lipinski definition) is 5. The molecule has 0 aliphatic carbocycles. The molecule has 114 valence electrons. The van der Waals surface area contributed by atoms with Crippen LogP contribution in [0.3, 0.4) is 0 Å². The summed E-state index contributed by atoms with van der Waals surface area (Å²) in [5.74, 6) is 0. The van der Waals surface area contributed by atoms with E-state index in [1.807, 2.05) is 11.6 Å². The number of nitrogens with one attached hydrogen (secondary N) is 1. The molecular weight excluding hydrogens is 294 g/mol. The van der Waals surface area contributed by atoms with Gasteiger partial charge in [-0.25, -0.2) is 9.97 Å². The zero-order valence-corrected chi connectivity index (χ0v) is 13.5. The van der Waals surface area contributed by atoms with E-state index in [1.165, 1.54) is 0 Å². The van der Waals surface area contributed by atoms with Gasteiger partial charge in [0.2, 0.25) is 0 Å². The van der Waals surface area contributed by atoms with Crippen LogP contribution in [0, 0.1) is 6.92 Å². The van der Waals surface area contributed by atoms with E-state index < -0.39 is 0 Å². The van der Waals surface area contributed by atoms with Crippen LogP contribution >= 0.6 is 11.3 Å². The minimum Gasteiger partial charge on any atom is -0.383 e. The molecule has 1 aromatic carbocycles. The zero-order valence-electron chi connectivity index (χ0n) is 12.7. The highest BCUT2D eigenvalue weighted by Crippen LogP contribution is 2.24. The summed E-state index contributed by atoms with van der Waals surface area (Å²) in [5, 5.41) is 10.8. The first-order valence-electron chi connectivity index (χ1n) is 7.32. The van der Waals surface area contributed by atoms with Crippen molar-refractivity contribution in [3.8, 4) is 11.3 Å². The third-order valence-electron chi connectivity index (χ3n) is 3.45. The van der Waals surface area contributed by atoms with E-state index in [-0.39, 0.29) is 0 Å². The van der Waals surface area contributed by atoms with Crippen molar-refractivity contribution in [1.29, 1.82) is 0 Å². The highest BCUT2D eigenvalue weighted by atomic mass is 32.1. The summed E-state index contributed by atoms with van der Waals surface area (Å²) < 4.78 is 1.85. The Labute approximate surface area is 134 Å². The Bertz CT molecular complexity index is 720. The first-order chi connectivity index (χ1) is 10.7. The number of rotatable bonds is 6. The topological polar surface area (TPSA) is 55.6 Å². The highest BCUT2D eigenvalue weighted by molar-refractivity contribution is 7.09. The Kier molecular flexibility index (Phi) is 4.48. The fourth-order valence-corrected chi connectivity index (χ4v) is 2.92. The molecule has 0 fully saturated rings. The Morgan fingerprint density at radius 1 is 1.36 bits per heavy atom. The van der Waals surface area contributed by atoms with Crippen molar-refractivity contribution in [1.82, 2.24) is 19.7 Å². The van der Waals surface area contributed by atoms with Gasteiger partial charge < -0.3 is 5.32 Å². The largest absolute Gasteiger partial charge is 0.383 e. The van der Waals surface area contributed by atoms with E-state index in [0.29, 0.717) is 6.04 Å². The summed E-state index contributed by atoms with van der Waals surface area (Å²) in [6.45, 7) is 5.07. The van der Waals surface area contributed by atoms with Crippen LogP contribution in [0.4, 0.5) is 5.69 Å². The maximum absolute atomic E-state index is 4.54. The van der Waals surface area contributed by atoms with Gasteiger partial charge in [0.05, 0.1) is 10.7 Å². The Morgan fingerprint density at radius 2 is 2.27 bits per heavy atom. The summed E-state index contributed by atoms with van der Waals surface area (Å²) in [6.07, 6.45) is 4.30. The van der Waals surface area contributed by atoms with Crippen LogP contribution < -0.4 is 5.32 Å². The van der Waals surface area contributed by atoms with Crippen molar-refractivity contribution in [2.75, 3.05) is 5.32 Å². The van der Waals surface area contributed by atoms with Crippen LogP contribution in [-0.4, -0.2) is 25.8 Å². The summed E-state index contributed by atoms with van der Waals surface area (Å²) in [7, 11) is 0. The first kappa shape index (κ1) is 14.7. The first-order valence-corrected chi connectivity index (χ1v) is 8.20. The minimum atomic E-state index is 0.358. The van der Waals surface area contributed by atoms with E-state index in [1.54, 1.807) is 24.0 Å². The molecule has 0 saturated heterocycles. The molecule has 3 rings (SSSR count). The number of anilines is 1. The molecule has 22 heavy (non-hydrogen) atoms. The van der Waals surface area contributed by atoms with E-state index >= 15 is 0 Å². The zero-order chi connectivity index (χ0) is 15.4. The minimum absolute atomic E-state index is 0.358. The second-order valence-electron chi connectivity index (χ2n) is 5.33. The van der Waals surface area contributed by atoms with Crippen LogP contribution in [0.15, 0.2) is 42.3 Å². The van der Waals surface area contributed by atoms with Crippen molar-refractivity contribution in [2.45, 2.75) is 32.9 Å². The fourth-order valence-electron chi connectivity index (χ4n) is 2.30. The Balaban J connectivity index is 1.62. The van der Waals surface area contributed by atoms with Crippen LogP contribution in [0.25, 0.3) is 11.3 Å². The van der Waals surface area contributed by atoms with Gasteiger partial charge >= 0.3 is 0 Å². The monoisotopic (exact) mass is 313 g/mol. The maximum Gasteiger partial charge on any atom is 0.137 e. The van der Waals surface area contributed by atoms with Gasteiger partial charge in [-0.3, -0.25) is 4.68 Å². The number of benzene rings is 1. The molecule has 0 bridgehead atoms. The molecule has 0 saturated carbocycles. The maximum atomic E-state index is 4.54. The van der Waals surface area contributed by atoms with Crippen molar-refractivity contribution >= 4 is 17.0 Å². The molecular formula is C16H19N5S. The smallest absolute Gasteiger partial charge is 0.137 e. The average Bonchev–Trinajstić information content (AvgIpc) is 3.17. The van der Waals surface area contributed by atoms with Crippen molar-refractivity contribution in [3.05, 3.63) is 47.3 Å². The molecule has 2 heterocycles. The number of nitrogens with zero attached hydrogens (tertiary/aromatic N) is 4. The van der Waals surface area contributed by atoms with Gasteiger partial charge in [-0.15, -0.1) is 11.3 Å². The normalized spacial score (nSPS) is 12.3. The molecule has 0 unspecified atom stereocenters. The SMILES string of the molecule is Cc1nc(-c2cccc(N[C@@H](C)CCn3cncn3)c2)cs1. The lowest BCUT2D eigenvalue weighted by atomic mass is 10.1. The van der Waals surface area contributed by atoms with E-state index in [4.69, 9.17) is 0 Å². The van der Waals surface area contributed by atoms with Crippen LogP contribution in [0.2, 0.25) is 0 Å². The molecule has 5 nitrogen and oxygen atoms in total. The quantitative estimate of drug-likeness (QED) is 0.755. The van der Waals surface area contributed by atoms with Gasteiger partial charge in [0.1, 0.15) is 12.7 Å². The molecule has 6 heteroatoms. The predicted octanol–water partition coefficient (Wildman–Crippen LogP) is 3.60. The van der Waals surface area contributed by atoms with Gasteiger partial charge in [-0.05, 0) is 32.4 Å². The van der Waals surface area contributed by atoms with Gasteiger partial charge in [0, 0.05) is 29.2 Å². The summed E-state index contributed by atoms with van der Waals surface area (Å²) in [5.41, 5.74) is 3.31. The summed E-state index contributed by atoms with van der Waals surface area (Å²) in [4.78, 5) is 8.50. The second kappa shape index (κ2) is 6.70. The lowest BCUT2D eigenvalue weighted by Crippen LogP contribution is -2.17. The number of aryl methyl sites for hydroxylation is 2. The third kappa shape index (κ3) is 3.71. The molecule has 0 aliphatic rings. The average molecular weight is 313 g/mol. The lowest BCUT2D eigenvalue weighted by Gasteiger charge is -2.15. The molecule has 1 atom stereocenters. The number of aromatic nitrogens is 4. The standard InChI is InChI=1S/C16H19N5S/c1-12(6-7-21-11-17-10-18-21)19-15-5-3-4-14(8-15)16-9-22-13(2)20-16/h3-5,8-12,19H,6-7H2,1-2H3/t12-/m0/s1. The lowest BCUT2D eigenvalue weighted by molar-refractivity contribution is 0.544. The molecule has 0 amide bonds. The molecule has 0 aliphatic heterocycles. The second-order valence-corrected chi connectivity index (χ2v) is 6.39. The third-order valence-corrected chi connectivity index (χ3v) is 4.22. The van der Waals surface area contributed by atoms with Gasteiger partial charge in [0.15, 0.2) is 0 Å². The van der Waals surface area contributed by atoms with Gasteiger partial charge in [-0.1, -0.05) is 12.1 Å². The summed E-state index contributed by atoms with van der Waals surface area (Å²) >= 11 is 1.68. The van der Waals surface area contributed by atoms with Crippen LogP contribution in [0.5, 0.6) is 0 Å². The van der Waals surface area contributed by atoms with Crippen molar-refractivity contribution in [2.24, 2.45) is 0 Å². The van der Waals surface area contributed by atoms with Crippen molar-refractivity contribution < 1.29 is 0 Å². The molecule has 0 spiro atoms. The van der Waals surface area contributed by atoms with E-state index in [9.17, 15) is 0 Å². The fraction of sp³-hybridized carbons (Fsp3) is 0.312. The van der Waals surface area contributed by atoms with Crippen LogP contribution in [0.1, 0.15) is 18.4 Å². The van der Waals surface area contributed by atoms with Crippen molar-refractivity contribution in [3.63, 3.8) is 0 Å². The molecule has 2 aromatic heterocycles. The molecule has 1 N–H and O–H groups in total. The number of hydrogen-bond donors (Lipinski definition) is 1. The molecule has 0 radical (unpaired) electrons.